The second-order valence-corrected chi connectivity index (χ2v) is 9.99. The van der Waals surface area contributed by atoms with Crippen molar-refractivity contribution in [2.75, 3.05) is 31.9 Å². The van der Waals surface area contributed by atoms with Gasteiger partial charge in [0, 0.05) is 37.0 Å². The molecule has 0 aliphatic heterocycles. The molecule has 4 aromatic rings. The topological polar surface area (TPSA) is 144 Å². The number of methoxy groups -OCH3 is 2. The lowest BCUT2D eigenvalue weighted by Gasteiger charge is -2.25. The van der Waals surface area contributed by atoms with E-state index in [1.165, 1.54) is 18.8 Å². The summed E-state index contributed by atoms with van der Waals surface area (Å²) in [6.45, 7) is 0.779. The van der Waals surface area contributed by atoms with Gasteiger partial charge in [-0.1, -0.05) is 11.6 Å². The first-order chi connectivity index (χ1) is 20.1. The summed E-state index contributed by atoms with van der Waals surface area (Å²) in [7, 11) is 5.09. The molecule has 1 amide bonds. The SMILES string of the molecule is COc1ccc(CN(C)c2cc(Cl)nc3c2ncn3C(N)=O)c(OC)c1.Nc1cc(COC2CCC2)nc(C(F)F)c1. The Morgan fingerprint density at radius 2 is 1.93 bits per heavy atom. The highest BCUT2D eigenvalue weighted by Crippen LogP contribution is 2.31. The lowest BCUT2D eigenvalue weighted by atomic mass is 9.96. The number of fused-ring (bicyclic) bond motifs is 1. The summed E-state index contributed by atoms with van der Waals surface area (Å²) in [5, 5.41) is 0.240. The average Bonchev–Trinajstić information content (AvgIpc) is 3.36. The van der Waals surface area contributed by atoms with Gasteiger partial charge in [0.1, 0.15) is 34.2 Å². The van der Waals surface area contributed by atoms with Crippen LogP contribution in [0.15, 0.2) is 42.7 Å². The molecule has 0 atom stereocenters. The molecule has 0 unspecified atom stereocenters. The number of primary amides is 1. The highest BCUT2D eigenvalue weighted by atomic mass is 35.5. The molecule has 1 saturated carbocycles. The maximum Gasteiger partial charge on any atom is 0.325 e. The molecule has 0 spiro atoms. The van der Waals surface area contributed by atoms with Crippen LogP contribution in [0.2, 0.25) is 5.15 Å². The Balaban J connectivity index is 0.000000216. The number of rotatable bonds is 9. The second kappa shape index (κ2) is 13.6. The minimum Gasteiger partial charge on any atom is -0.497 e. The van der Waals surface area contributed by atoms with E-state index in [2.05, 4.69) is 15.0 Å². The fourth-order valence-corrected chi connectivity index (χ4v) is 4.46. The fourth-order valence-electron chi connectivity index (χ4n) is 4.28. The van der Waals surface area contributed by atoms with Crippen molar-refractivity contribution in [3.63, 3.8) is 0 Å². The Kier molecular flexibility index (Phi) is 9.96. The third kappa shape index (κ3) is 7.34. The van der Waals surface area contributed by atoms with Gasteiger partial charge < -0.3 is 30.6 Å². The van der Waals surface area contributed by atoms with Crippen LogP contribution in [0.1, 0.15) is 42.6 Å². The molecule has 0 radical (unpaired) electrons. The predicted octanol–water partition coefficient (Wildman–Crippen LogP) is 5.34. The van der Waals surface area contributed by atoms with Crippen molar-refractivity contribution >= 4 is 40.2 Å². The van der Waals surface area contributed by atoms with Gasteiger partial charge in [-0.25, -0.2) is 33.1 Å². The maximum absolute atomic E-state index is 12.4. The maximum atomic E-state index is 12.4. The average molecular weight is 604 g/mol. The molecular weight excluding hydrogens is 572 g/mol. The molecule has 0 saturated heterocycles. The highest BCUT2D eigenvalue weighted by Gasteiger charge is 2.19. The second-order valence-electron chi connectivity index (χ2n) is 9.60. The summed E-state index contributed by atoms with van der Waals surface area (Å²) in [5.41, 5.74) is 13.9. The first kappa shape index (κ1) is 30.7. The van der Waals surface area contributed by atoms with Crippen molar-refractivity contribution < 1.29 is 27.8 Å². The summed E-state index contributed by atoms with van der Waals surface area (Å²) in [6.07, 6.45) is 2.27. The van der Waals surface area contributed by atoms with Gasteiger partial charge in [0.15, 0.2) is 5.65 Å². The van der Waals surface area contributed by atoms with Crippen molar-refractivity contribution in [1.82, 2.24) is 19.5 Å². The van der Waals surface area contributed by atoms with Crippen LogP contribution < -0.4 is 25.8 Å². The smallest absolute Gasteiger partial charge is 0.325 e. The van der Waals surface area contributed by atoms with E-state index in [1.54, 1.807) is 26.4 Å². The van der Waals surface area contributed by atoms with E-state index in [9.17, 15) is 13.6 Å². The number of nitrogens with two attached hydrogens (primary N) is 2. The zero-order valence-electron chi connectivity index (χ0n) is 23.4. The van der Waals surface area contributed by atoms with Crippen LogP contribution in [0.3, 0.4) is 0 Å². The third-order valence-corrected chi connectivity index (χ3v) is 6.86. The van der Waals surface area contributed by atoms with Crippen molar-refractivity contribution in [3.05, 3.63) is 64.8 Å². The van der Waals surface area contributed by atoms with Gasteiger partial charge in [0.05, 0.1) is 38.3 Å². The Bertz CT molecular complexity index is 1550. The molecule has 3 heterocycles. The number of ether oxygens (including phenoxy) is 3. The van der Waals surface area contributed by atoms with E-state index in [1.807, 2.05) is 30.1 Å². The number of nitrogens with zero attached hydrogens (tertiary/aromatic N) is 5. The molecule has 224 valence electrons. The summed E-state index contributed by atoms with van der Waals surface area (Å²) in [6, 6.07) is 9.40. The Morgan fingerprint density at radius 1 is 1.17 bits per heavy atom. The summed E-state index contributed by atoms with van der Waals surface area (Å²) in [4.78, 5) is 25.7. The lowest BCUT2D eigenvalue weighted by molar-refractivity contribution is -0.0103. The number of hydrogen-bond acceptors (Lipinski definition) is 9. The third-order valence-electron chi connectivity index (χ3n) is 6.67. The van der Waals surface area contributed by atoms with E-state index in [0.29, 0.717) is 40.6 Å². The molecule has 4 N–H and O–H groups in total. The number of carbonyl (C=O) groups is 1. The molecule has 1 aliphatic carbocycles. The van der Waals surface area contributed by atoms with Crippen LogP contribution in [0.5, 0.6) is 11.5 Å². The normalized spacial score (nSPS) is 12.9. The summed E-state index contributed by atoms with van der Waals surface area (Å²) >= 11 is 6.13. The summed E-state index contributed by atoms with van der Waals surface area (Å²) < 4.78 is 42.2. The van der Waals surface area contributed by atoms with Crippen LogP contribution in [0, 0.1) is 0 Å². The lowest BCUT2D eigenvalue weighted by Crippen LogP contribution is -2.21. The number of anilines is 2. The van der Waals surface area contributed by atoms with Gasteiger partial charge in [-0.15, -0.1) is 0 Å². The molecule has 1 aromatic carbocycles. The van der Waals surface area contributed by atoms with E-state index < -0.39 is 12.5 Å². The van der Waals surface area contributed by atoms with E-state index >= 15 is 0 Å². The number of halogens is 3. The van der Waals surface area contributed by atoms with Gasteiger partial charge in [-0.05, 0) is 43.5 Å². The number of amides is 1. The molecule has 42 heavy (non-hydrogen) atoms. The number of aromatic nitrogens is 4. The minimum atomic E-state index is -2.59. The van der Waals surface area contributed by atoms with E-state index in [4.69, 9.17) is 37.3 Å². The van der Waals surface area contributed by atoms with Gasteiger partial charge in [-0.2, -0.15) is 0 Å². The van der Waals surface area contributed by atoms with Crippen molar-refractivity contribution in [2.24, 2.45) is 5.73 Å². The Morgan fingerprint density at radius 3 is 2.55 bits per heavy atom. The fraction of sp³-hybridized carbons (Fsp3) is 0.357. The molecule has 3 aromatic heterocycles. The standard InChI is InChI=1S/C17H18ClN5O3.C11H14F2N2O/c1-22(8-10-4-5-11(25-2)6-13(10)26-3)12-7-14(18)21-16-15(12)20-9-23(16)17(19)24;12-11(13)10-5-7(14)4-8(15-10)6-16-9-2-1-3-9/h4-7,9H,8H2,1-3H3,(H2,19,24);4-5,9,11H,1-3,6H2,(H2,14,15). The van der Waals surface area contributed by atoms with Crippen LogP contribution in [0.4, 0.5) is 25.0 Å². The van der Waals surface area contributed by atoms with Crippen LogP contribution >= 0.6 is 11.6 Å². The monoisotopic (exact) mass is 603 g/mol. The highest BCUT2D eigenvalue weighted by molar-refractivity contribution is 6.30. The van der Waals surface area contributed by atoms with Crippen LogP contribution in [0.25, 0.3) is 11.2 Å². The number of alkyl halides is 2. The van der Waals surface area contributed by atoms with Crippen LogP contribution in [-0.2, 0) is 17.9 Å². The van der Waals surface area contributed by atoms with Gasteiger partial charge in [0.25, 0.3) is 6.43 Å². The van der Waals surface area contributed by atoms with Crippen LogP contribution in [-0.4, -0.2) is 52.9 Å². The molecular formula is C28H32ClF2N7O4. The minimum absolute atomic E-state index is 0.240. The number of pyridine rings is 2. The first-order valence-corrected chi connectivity index (χ1v) is 13.4. The molecule has 1 fully saturated rings. The number of hydrogen-bond donors (Lipinski definition) is 2. The quantitative estimate of drug-likeness (QED) is 0.242. The molecule has 0 bridgehead atoms. The number of carbonyl (C=O) groups excluding carboxylic acids is 1. The Labute approximate surface area is 246 Å². The van der Waals surface area contributed by atoms with Gasteiger partial charge in [0.2, 0.25) is 0 Å². The first-order valence-electron chi connectivity index (χ1n) is 13.0. The molecule has 14 heteroatoms. The zero-order valence-corrected chi connectivity index (χ0v) is 24.1. The molecule has 1 aliphatic rings. The zero-order chi connectivity index (χ0) is 30.4. The number of nitrogen functional groups attached to an aromatic ring is 1. The van der Waals surface area contributed by atoms with Crippen molar-refractivity contribution in [3.8, 4) is 11.5 Å². The molecule has 11 nitrogen and oxygen atoms in total. The number of benzene rings is 1. The van der Waals surface area contributed by atoms with Gasteiger partial charge >= 0.3 is 6.03 Å². The van der Waals surface area contributed by atoms with Crippen molar-refractivity contribution in [2.45, 2.75) is 44.9 Å². The number of imidazole rings is 1. The van der Waals surface area contributed by atoms with E-state index in [-0.39, 0.29) is 23.6 Å². The summed E-state index contributed by atoms with van der Waals surface area (Å²) in [5.74, 6) is 1.41. The largest absolute Gasteiger partial charge is 0.497 e. The Hall–Kier alpha value is -4.23. The predicted molar refractivity (Wildman–Crippen MR) is 155 cm³/mol. The van der Waals surface area contributed by atoms with E-state index in [0.717, 1.165) is 28.7 Å². The molecule has 5 rings (SSSR count). The van der Waals surface area contributed by atoms with Crippen molar-refractivity contribution in [1.29, 1.82) is 0 Å². The van der Waals surface area contributed by atoms with Gasteiger partial charge in [-0.3, -0.25) is 0 Å².